The molecule has 8 heteroatoms. The molecule has 0 aromatic heterocycles. The second kappa shape index (κ2) is 10.1. The van der Waals surface area contributed by atoms with Crippen LogP contribution in [0.5, 0.6) is 0 Å². The fourth-order valence-corrected chi connectivity index (χ4v) is 3.16. The first-order chi connectivity index (χ1) is 13.3. The SMILES string of the molecule is C[C@@H](Sc1ccc(Cl)cc1)C(=O)OCC(=O)Nc1ccc(C(=O)N(C)C)cc1. The third-order valence-electron chi connectivity index (χ3n) is 3.63. The fourth-order valence-electron chi connectivity index (χ4n) is 2.17. The van der Waals surface area contributed by atoms with E-state index in [2.05, 4.69) is 5.32 Å². The van der Waals surface area contributed by atoms with Crippen molar-refractivity contribution in [1.82, 2.24) is 4.90 Å². The molecule has 1 N–H and O–H groups in total. The van der Waals surface area contributed by atoms with Gasteiger partial charge in [-0.1, -0.05) is 11.6 Å². The van der Waals surface area contributed by atoms with Crippen LogP contribution in [0, 0.1) is 0 Å². The lowest BCUT2D eigenvalue weighted by molar-refractivity contribution is -0.146. The number of anilines is 1. The molecule has 0 saturated heterocycles. The van der Waals surface area contributed by atoms with Crippen LogP contribution in [0.25, 0.3) is 0 Å². The molecule has 0 unspecified atom stereocenters. The van der Waals surface area contributed by atoms with Crippen LogP contribution < -0.4 is 5.32 Å². The molecule has 0 fully saturated rings. The zero-order chi connectivity index (χ0) is 20.7. The molecule has 0 bridgehead atoms. The van der Waals surface area contributed by atoms with E-state index < -0.39 is 17.1 Å². The number of hydrogen-bond acceptors (Lipinski definition) is 5. The van der Waals surface area contributed by atoms with Gasteiger partial charge in [-0.2, -0.15) is 0 Å². The van der Waals surface area contributed by atoms with E-state index in [9.17, 15) is 14.4 Å². The Morgan fingerprint density at radius 1 is 1.07 bits per heavy atom. The van der Waals surface area contributed by atoms with E-state index in [1.54, 1.807) is 57.4 Å². The van der Waals surface area contributed by atoms with Gasteiger partial charge in [0, 0.05) is 35.3 Å². The number of esters is 1. The third kappa shape index (κ3) is 6.58. The number of nitrogens with zero attached hydrogens (tertiary/aromatic N) is 1. The Labute approximate surface area is 173 Å². The third-order valence-corrected chi connectivity index (χ3v) is 4.97. The van der Waals surface area contributed by atoms with Crippen molar-refractivity contribution in [2.45, 2.75) is 17.1 Å². The van der Waals surface area contributed by atoms with Gasteiger partial charge >= 0.3 is 5.97 Å². The molecule has 6 nitrogen and oxygen atoms in total. The maximum Gasteiger partial charge on any atom is 0.319 e. The summed E-state index contributed by atoms with van der Waals surface area (Å²) in [5, 5.41) is 2.78. The van der Waals surface area contributed by atoms with Crippen LogP contribution in [0.1, 0.15) is 17.3 Å². The van der Waals surface area contributed by atoms with Gasteiger partial charge in [-0.15, -0.1) is 11.8 Å². The van der Waals surface area contributed by atoms with E-state index in [0.29, 0.717) is 16.3 Å². The molecule has 148 valence electrons. The van der Waals surface area contributed by atoms with Gasteiger partial charge in [-0.05, 0) is 55.5 Å². The molecule has 0 aliphatic carbocycles. The van der Waals surface area contributed by atoms with Gasteiger partial charge in [0.2, 0.25) is 0 Å². The highest BCUT2D eigenvalue weighted by atomic mass is 35.5. The zero-order valence-corrected chi connectivity index (χ0v) is 17.3. The largest absolute Gasteiger partial charge is 0.455 e. The van der Waals surface area contributed by atoms with Crippen molar-refractivity contribution in [2.75, 3.05) is 26.0 Å². The summed E-state index contributed by atoms with van der Waals surface area (Å²) in [4.78, 5) is 38.2. The van der Waals surface area contributed by atoms with E-state index in [4.69, 9.17) is 16.3 Å². The van der Waals surface area contributed by atoms with Crippen molar-refractivity contribution in [2.24, 2.45) is 0 Å². The molecule has 0 aliphatic rings. The van der Waals surface area contributed by atoms with Crippen LogP contribution in [0.15, 0.2) is 53.4 Å². The summed E-state index contributed by atoms with van der Waals surface area (Å²) < 4.78 is 5.07. The fraction of sp³-hybridized carbons (Fsp3) is 0.250. The number of halogens is 1. The summed E-state index contributed by atoms with van der Waals surface area (Å²) in [5.74, 6) is -1.07. The molecule has 2 aromatic carbocycles. The molecule has 0 saturated carbocycles. The summed E-state index contributed by atoms with van der Waals surface area (Å²) in [6.07, 6.45) is 0. The second-order valence-corrected chi connectivity index (χ2v) is 8.00. The Balaban J connectivity index is 1.80. The van der Waals surface area contributed by atoms with Crippen molar-refractivity contribution in [1.29, 1.82) is 0 Å². The normalized spacial score (nSPS) is 11.4. The number of thioether (sulfide) groups is 1. The topological polar surface area (TPSA) is 75.7 Å². The Kier molecular flexibility index (Phi) is 7.90. The average molecular weight is 421 g/mol. The number of benzene rings is 2. The highest BCUT2D eigenvalue weighted by molar-refractivity contribution is 8.00. The maximum absolute atomic E-state index is 12.1. The highest BCUT2D eigenvalue weighted by Gasteiger charge is 2.17. The predicted octanol–water partition coefficient (Wildman–Crippen LogP) is 3.70. The Hall–Kier alpha value is -2.51. The molecule has 0 radical (unpaired) electrons. The summed E-state index contributed by atoms with van der Waals surface area (Å²) in [6.45, 7) is 1.32. The van der Waals surface area contributed by atoms with Crippen LogP contribution in [0.4, 0.5) is 5.69 Å². The first-order valence-corrected chi connectivity index (χ1v) is 9.72. The number of rotatable bonds is 7. The lowest BCUT2D eigenvalue weighted by Gasteiger charge is -2.12. The van der Waals surface area contributed by atoms with Gasteiger partial charge < -0.3 is 15.0 Å². The summed E-state index contributed by atoms with van der Waals surface area (Å²) in [5.41, 5.74) is 1.03. The number of carbonyl (C=O) groups excluding carboxylic acids is 3. The van der Waals surface area contributed by atoms with E-state index in [1.165, 1.54) is 16.7 Å². The Morgan fingerprint density at radius 3 is 2.25 bits per heavy atom. The van der Waals surface area contributed by atoms with Crippen molar-refractivity contribution in [3.05, 3.63) is 59.1 Å². The van der Waals surface area contributed by atoms with Gasteiger partial charge in [-0.3, -0.25) is 14.4 Å². The molecule has 2 rings (SSSR count). The molecule has 28 heavy (non-hydrogen) atoms. The molecule has 2 aromatic rings. The minimum Gasteiger partial charge on any atom is -0.455 e. The van der Waals surface area contributed by atoms with E-state index in [0.717, 1.165) is 4.90 Å². The predicted molar refractivity (Wildman–Crippen MR) is 111 cm³/mol. The molecule has 2 amide bonds. The van der Waals surface area contributed by atoms with Gasteiger partial charge in [0.1, 0.15) is 5.25 Å². The quantitative estimate of drug-likeness (QED) is 0.546. The molecule has 1 atom stereocenters. The van der Waals surface area contributed by atoms with Crippen molar-refractivity contribution in [3.8, 4) is 0 Å². The molecular formula is C20H21ClN2O4S. The summed E-state index contributed by atoms with van der Waals surface area (Å²) >= 11 is 7.16. The van der Waals surface area contributed by atoms with Crippen LogP contribution in [0.3, 0.4) is 0 Å². The monoisotopic (exact) mass is 420 g/mol. The van der Waals surface area contributed by atoms with Gasteiger partial charge in [0.25, 0.3) is 11.8 Å². The van der Waals surface area contributed by atoms with Gasteiger partial charge in [-0.25, -0.2) is 0 Å². The average Bonchev–Trinajstić information content (AvgIpc) is 2.67. The number of nitrogens with one attached hydrogen (secondary N) is 1. The standard InChI is InChI=1S/C20H21ClN2O4S/c1-13(28-17-10-6-15(21)7-11-17)20(26)27-12-18(24)22-16-8-4-14(5-9-16)19(25)23(2)3/h4-11,13H,12H2,1-3H3,(H,22,24)/t13-/m1/s1. The van der Waals surface area contributed by atoms with Crippen molar-refractivity contribution >= 4 is 46.8 Å². The lowest BCUT2D eigenvalue weighted by Crippen LogP contribution is -2.25. The number of amides is 2. The van der Waals surface area contributed by atoms with Crippen LogP contribution in [-0.4, -0.2) is 48.6 Å². The number of ether oxygens (including phenoxy) is 1. The van der Waals surface area contributed by atoms with E-state index >= 15 is 0 Å². The zero-order valence-electron chi connectivity index (χ0n) is 15.8. The number of carbonyl (C=O) groups is 3. The number of hydrogen-bond donors (Lipinski definition) is 1. The van der Waals surface area contributed by atoms with Gasteiger partial charge in [0.05, 0.1) is 0 Å². The van der Waals surface area contributed by atoms with Crippen molar-refractivity contribution in [3.63, 3.8) is 0 Å². The van der Waals surface area contributed by atoms with Gasteiger partial charge in [0.15, 0.2) is 6.61 Å². The Bertz CT molecular complexity index is 838. The van der Waals surface area contributed by atoms with Crippen LogP contribution in [-0.2, 0) is 14.3 Å². The van der Waals surface area contributed by atoms with Crippen LogP contribution in [0.2, 0.25) is 5.02 Å². The van der Waals surface area contributed by atoms with E-state index in [1.807, 2.05) is 12.1 Å². The minimum absolute atomic E-state index is 0.126. The molecule has 0 aliphatic heterocycles. The smallest absolute Gasteiger partial charge is 0.319 e. The first kappa shape index (κ1) is 21.8. The first-order valence-electron chi connectivity index (χ1n) is 8.46. The maximum atomic E-state index is 12.1. The second-order valence-electron chi connectivity index (χ2n) is 6.15. The molecule has 0 spiro atoms. The Morgan fingerprint density at radius 2 is 1.68 bits per heavy atom. The van der Waals surface area contributed by atoms with E-state index in [-0.39, 0.29) is 12.5 Å². The van der Waals surface area contributed by atoms with Crippen LogP contribution >= 0.6 is 23.4 Å². The molecular weight excluding hydrogens is 400 g/mol. The van der Waals surface area contributed by atoms with Crippen molar-refractivity contribution < 1.29 is 19.1 Å². The minimum atomic E-state index is -0.484. The molecule has 0 heterocycles. The lowest BCUT2D eigenvalue weighted by atomic mass is 10.2. The summed E-state index contributed by atoms with van der Waals surface area (Å²) in [6, 6.07) is 13.6. The summed E-state index contributed by atoms with van der Waals surface area (Å²) in [7, 11) is 3.33. The highest BCUT2D eigenvalue weighted by Crippen LogP contribution is 2.25.